The lowest BCUT2D eigenvalue weighted by Crippen LogP contribution is -2.11. The second-order valence-electron chi connectivity index (χ2n) is 3.81. The van der Waals surface area contributed by atoms with E-state index in [9.17, 15) is 4.79 Å². The first kappa shape index (κ1) is 13.3. The van der Waals surface area contributed by atoms with E-state index in [0.717, 1.165) is 16.9 Å². The van der Waals surface area contributed by atoms with Gasteiger partial charge in [-0.25, -0.2) is 0 Å². The van der Waals surface area contributed by atoms with Gasteiger partial charge in [0.25, 0.3) is 0 Å². The molecule has 1 unspecified atom stereocenters. The fourth-order valence-corrected chi connectivity index (χ4v) is 1.70. The van der Waals surface area contributed by atoms with Crippen LogP contribution in [0.5, 0.6) is 5.75 Å². The summed E-state index contributed by atoms with van der Waals surface area (Å²) in [5, 5.41) is 0. The molecule has 0 bridgehead atoms. The lowest BCUT2D eigenvalue weighted by molar-refractivity contribution is -0.141. The maximum atomic E-state index is 11.5. The highest BCUT2D eigenvalue weighted by Gasteiger charge is 2.16. The second-order valence-corrected chi connectivity index (χ2v) is 3.81. The summed E-state index contributed by atoms with van der Waals surface area (Å²) in [5.74, 6) is 0.305. The summed E-state index contributed by atoms with van der Waals surface area (Å²) in [7, 11) is 3.03. The van der Waals surface area contributed by atoms with Gasteiger partial charge in [-0.15, -0.1) is 6.58 Å². The Bertz CT molecular complexity index is 410. The van der Waals surface area contributed by atoms with E-state index in [1.807, 2.05) is 31.2 Å². The first-order valence-electron chi connectivity index (χ1n) is 5.49. The number of benzene rings is 1. The van der Waals surface area contributed by atoms with Crippen molar-refractivity contribution in [2.24, 2.45) is 0 Å². The zero-order valence-electron chi connectivity index (χ0n) is 10.5. The molecular weight excluding hydrogens is 216 g/mol. The molecule has 1 atom stereocenters. The van der Waals surface area contributed by atoms with Crippen LogP contribution in [0.15, 0.2) is 30.9 Å². The molecule has 92 valence electrons. The fraction of sp³-hybridized carbons (Fsp3) is 0.357. The zero-order chi connectivity index (χ0) is 12.8. The van der Waals surface area contributed by atoms with E-state index >= 15 is 0 Å². The third-order valence-electron chi connectivity index (χ3n) is 2.72. The molecule has 0 spiro atoms. The Morgan fingerprint density at radius 3 is 2.71 bits per heavy atom. The predicted octanol–water partition coefficient (Wildman–Crippen LogP) is 2.70. The van der Waals surface area contributed by atoms with Gasteiger partial charge in [0, 0.05) is 0 Å². The third kappa shape index (κ3) is 3.09. The SMILES string of the molecule is C=CCc1cc(C(C)C(=O)OC)ccc1OC. The highest BCUT2D eigenvalue weighted by Crippen LogP contribution is 2.25. The van der Waals surface area contributed by atoms with Crippen LogP contribution in [0.1, 0.15) is 24.0 Å². The summed E-state index contributed by atoms with van der Waals surface area (Å²) in [4.78, 5) is 11.5. The lowest BCUT2D eigenvalue weighted by atomic mass is 9.97. The highest BCUT2D eigenvalue weighted by atomic mass is 16.5. The Labute approximate surface area is 102 Å². The molecule has 0 aromatic heterocycles. The topological polar surface area (TPSA) is 35.5 Å². The van der Waals surface area contributed by atoms with Crippen LogP contribution in [0, 0.1) is 0 Å². The molecule has 1 aromatic rings. The molecule has 0 saturated heterocycles. The van der Waals surface area contributed by atoms with Crippen LogP contribution >= 0.6 is 0 Å². The maximum absolute atomic E-state index is 11.5. The normalized spacial score (nSPS) is 11.7. The minimum atomic E-state index is -0.269. The van der Waals surface area contributed by atoms with Crippen LogP contribution in [0.4, 0.5) is 0 Å². The number of allylic oxidation sites excluding steroid dienone is 1. The molecule has 3 heteroatoms. The van der Waals surface area contributed by atoms with Crippen LogP contribution in [0.2, 0.25) is 0 Å². The summed E-state index contributed by atoms with van der Waals surface area (Å²) in [5.41, 5.74) is 1.95. The van der Waals surface area contributed by atoms with Gasteiger partial charge in [-0.3, -0.25) is 4.79 Å². The number of carbonyl (C=O) groups is 1. The zero-order valence-corrected chi connectivity index (χ0v) is 10.5. The fourth-order valence-electron chi connectivity index (χ4n) is 1.70. The van der Waals surface area contributed by atoms with Gasteiger partial charge in [0.2, 0.25) is 0 Å². The van der Waals surface area contributed by atoms with Gasteiger partial charge < -0.3 is 9.47 Å². The number of rotatable bonds is 5. The maximum Gasteiger partial charge on any atom is 0.312 e. The molecule has 3 nitrogen and oxygen atoms in total. The molecule has 0 amide bonds. The molecule has 0 heterocycles. The molecule has 0 saturated carbocycles. The van der Waals surface area contributed by atoms with Gasteiger partial charge in [0.1, 0.15) is 5.75 Å². The Morgan fingerprint density at radius 2 is 2.18 bits per heavy atom. The summed E-state index contributed by atoms with van der Waals surface area (Å²) < 4.78 is 9.99. The van der Waals surface area contributed by atoms with Crippen molar-refractivity contribution in [1.29, 1.82) is 0 Å². The molecule has 0 aliphatic carbocycles. The van der Waals surface area contributed by atoms with E-state index in [0.29, 0.717) is 6.42 Å². The monoisotopic (exact) mass is 234 g/mol. The smallest absolute Gasteiger partial charge is 0.312 e. The van der Waals surface area contributed by atoms with Gasteiger partial charge in [0.15, 0.2) is 0 Å². The van der Waals surface area contributed by atoms with Crippen LogP contribution < -0.4 is 4.74 Å². The van der Waals surface area contributed by atoms with Crippen LogP contribution in [0.25, 0.3) is 0 Å². The van der Waals surface area contributed by atoms with Gasteiger partial charge in [-0.05, 0) is 30.5 Å². The van der Waals surface area contributed by atoms with Crippen molar-refractivity contribution in [2.75, 3.05) is 14.2 Å². The van der Waals surface area contributed by atoms with Crippen molar-refractivity contribution >= 4 is 5.97 Å². The van der Waals surface area contributed by atoms with Gasteiger partial charge >= 0.3 is 5.97 Å². The van der Waals surface area contributed by atoms with Crippen molar-refractivity contribution < 1.29 is 14.3 Å². The number of hydrogen-bond donors (Lipinski definition) is 0. The molecule has 0 N–H and O–H groups in total. The predicted molar refractivity (Wildman–Crippen MR) is 67.3 cm³/mol. The molecule has 17 heavy (non-hydrogen) atoms. The van der Waals surface area contributed by atoms with Crippen LogP contribution in [-0.2, 0) is 16.0 Å². The molecular formula is C14H18O3. The minimum absolute atomic E-state index is 0.236. The summed E-state index contributed by atoms with van der Waals surface area (Å²) >= 11 is 0. The second kappa shape index (κ2) is 6.09. The summed E-state index contributed by atoms with van der Waals surface area (Å²) in [6.07, 6.45) is 2.52. The Kier molecular flexibility index (Phi) is 4.76. The van der Waals surface area contributed by atoms with Gasteiger partial charge in [0.05, 0.1) is 20.1 Å². The molecule has 1 rings (SSSR count). The number of esters is 1. The van der Waals surface area contributed by atoms with Crippen LogP contribution in [0.3, 0.4) is 0 Å². The minimum Gasteiger partial charge on any atom is -0.496 e. The number of hydrogen-bond acceptors (Lipinski definition) is 3. The third-order valence-corrected chi connectivity index (χ3v) is 2.72. The number of carbonyl (C=O) groups excluding carboxylic acids is 1. The lowest BCUT2D eigenvalue weighted by Gasteiger charge is -2.13. The largest absolute Gasteiger partial charge is 0.496 e. The molecule has 0 fully saturated rings. The van der Waals surface area contributed by atoms with Crippen LogP contribution in [-0.4, -0.2) is 20.2 Å². The first-order valence-corrected chi connectivity index (χ1v) is 5.49. The van der Waals surface area contributed by atoms with Crippen molar-refractivity contribution in [2.45, 2.75) is 19.3 Å². The van der Waals surface area contributed by atoms with E-state index in [2.05, 4.69) is 6.58 Å². The summed E-state index contributed by atoms with van der Waals surface area (Å²) in [6.45, 7) is 5.53. The van der Waals surface area contributed by atoms with Crippen molar-refractivity contribution in [3.05, 3.63) is 42.0 Å². The number of methoxy groups -OCH3 is 2. The van der Waals surface area contributed by atoms with Crippen molar-refractivity contribution in [3.8, 4) is 5.75 Å². The molecule has 0 aliphatic heterocycles. The van der Waals surface area contributed by atoms with Crippen molar-refractivity contribution in [3.63, 3.8) is 0 Å². The molecule has 0 radical (unpaired) electrons. The van der Waals surface area contributed by atoms with E-state index in [-0.39, 0.29) is 11.9 Å². The molecule has 0 aliphatic rings. The average Bonchev–Trinajstić information content (AvgIpc) is 2.37. The van der Waals surface area contributed by atoms with E-state index in [1.165, 1.54) is 7.11 Å². The summed E-state index contributed by atoms with van der Waals surface area (Å²) in [6, 6.07) is 5.71. The first-order chi connectivity index (χ1) is 8.13. The van der Waals surface area contributed by atoms with Crippen molar-refractivity contribution in [1.82, 2.24) is 0 Å². The van der Waals surface area contributed by atoms with Gasteiger partial charge in [-0.2, -0.15) is 0 Å². The van der Waals surface area contributed by atoms with E-state index in [4.69, 9.17) is 9.47 Å². The van der Waals surface area contributed by atoms with E-state index < -0.39 is 0 Å². The standard InChI is InChI=1S/C14H18O3/c1-5-6-12-9-11(7-8-13(12)16-3)10(2)14(15)17-4/h5,7-10H,1,6H2,2-4H3. The van der Waals surface area contributed by atoms with E-state index in [1.54, 1.807) is 7.11 Å². The Hall–Kier alpha value is -1.77. The average molecular weight is 234 g/mol. The Morgan fingerprint density at radius 1 is 1.47 bits per heavy atom. The highest BCUT2D eigenvalue weighted by molar-refractivity contribution is 5.77. The molecule has 1 aromatic carbocycles. The quantitative estimate of drug-likeness (QED) is 0.580. The Balaban J connectivity index is 3.06. The van der Waals surface area contributed by atoms with Gasteiger partial charge in [-0.1, -0.05) is 18.2 Å². The number of ether oxygens (including phenoxy) is 2.